The molecule has 0 rings (SSSR count). The predicted molar refractivity (Wildman–Crippen MR) is 530 cm³/mol. The van der Waals surface area contributed by atoms with Crippen LogP contribution in [0.25, 0.3) is 0 Å². The molecule has 0 atom stereocenters. The molecule has 0 aromatic heterocycles. The van der Waals surface area contributed by atoms with Gasteiger partial charge in [0.1, 0.15) is 0 Å². The van der Waals surface area contributed by atoms with Gasteiger partial charge in [-0.3, -0.25) is 28.8 Å². The molecular formula is C106H206O12S3. The number of hydrogen-bond donors (Lipinski definition) is 0. The highest BCUT2D eigenvalue weighted by molar-refractivity contribution is 7.99. The summed E-state index contributed by atoms with van der Waals surface area (Å²) in [6.45, 7) is 16.9. The Bertz CT molecular complexity index is 1900. The standard InChI is InChI=1S/C42H82O4S.C34H66O4S.C30H58O4S/c1-3-5-7-9-11-13-15-17-19-21-23-25-27-29-31-33-37-45-41(43)35-39-47-40-36-42(44)46-38-34-32-30-28-26-24-22-20-18-16-14-12-10-8-6-4-2;1-3-5-7-9-11-13-15-17-19-21-23-25-29-37-33(35)27-31-39-32-28-34(36)38-30-26-24-22-20-18-16-14-12-10-8-6-4-2;1-3-5-7-9-11-13-15-17-19-21-25-33-29(31)23-27-35-28-24-30(32)34-26-22-20-18-16-14-12-10-8-6-4-2/h3-40H2,1-2H3;3-32H2,1-2H3;3-28H2,1-2H3. The van der Waals surface area contributed by atoms with E-state index in [4.69, 9.17) is 28.4 Å². The van der Waals surface area contributed by atoms with Crippen LogP contribution in [0.5, 0.6) is 0 Å². The van der Waals surface area contributed by atoms with E-state index in [0.29, 0.717) is 113 Å². The first-order chi connectivity index (χ1) is 59.6. The number of thioether (sulfide) groups is 3. The Morgan fingerprint density at radius 2 is 0.215 bits per heavy atom. The third-order valence-corrected chi connectivity index (χ3v) is 26.2. The normalized spacial score (nSPS) is 11.2. The van der Waals surface area contributed by atoms with Gasteiger partial charge in [-0.2, -0.15) is 35.3 Å². The molecule has 0 bridgehead atoms. The summed E-state index contributed by atoms with van der Waals surface area (Å²) in [7, 11) is 0. The second-order valence-corrected chi connectivity index (χ2v) is 39.1. The van der Waals surface area contributed by atoms with Gasteiger partial charge in [-0.05, 0) is 38.5 Å². The van der Waals surface area contributed by atoms with Crippen molar-refractivity contribution in [3.63, 3.8) is 0 Å². The van der Waals surface area contributed by atoms with Gasteiger partial charge < -0.3 is 28.4 Å². The van der Waals surface area contributed by atoms with Crippen LogP contribution in [0.2, 0.25) is 0 Å². The molecule has 0 aliphatic rings. The van der Waals surface area contributed by atoms with E-state index in [1.165, 1.54) is 411 Å². The van der Waals surface area contributed by atoms with Crippen molar-refractivity contribution in [2.24, 2.45) is 0 Å². The number of unbranched alkanes of at least 4 members (excludes halogenated alkanes) is 70. The number of ether oxygens (including phenoxy) is 6. The van der Waals surface area contributed by atoms with Crippen molar-refractivity contribution in [3.05, 3.63) is 0 Å². The summed E-state index contributed by atoms with van der Waals surface area (Å²) >= 11 is 4.90. The monoisotopic (exact) mass is 1770 g/mol. The quantitative estimate of drug-likeness (QED) is 0.0321. The van der Waals surface area contributed by atoms with E-state index in [-0.39, 0.29) is 35.8 Å². The lowest BCUT2D eigenvalue weighted by atomic mass is 10.0. The lowest BCUT2D eigenvalue weighted by Gasteiger charge is -2.06. The second kappa shape index (κ2) is 114. The van der Waals surface area contributed by atoms with Crippen LogP contribution in [-0.2, 0) is 57.2 Å². The summed E-state index contributed by atoms with van der Waals surface area (Å²) in [6, 6.07) is 0. The van der Waals surface area contributed by atoms with Crippen LogP contribution in [0.15, 0.2) is 0 Å². The fourth-order valence-electron chi connectivity index (χ4n) is 15.2. The summed E-state index contributed by atoms with van der Waals surface area (Å²) in [5, 5.41) is 0. The minimum atomic E-state index is -0.114. The largest absolute Gasteiger partial charge is 0.466 e. The fraction of sp³-hybridized carbons (Fsp3) is 0.943. The van der Waals surface area contributed by atoms with Gasteiger partial charge in [0.25, 0.3) is 0 Å². The minimum absolute atomic E-state index is 0.107. The second-order valence-electron chi connectivity index (χ2n) is 35.4. The maximum absolute atomic E-state index is 12.0. The van der Waals surface area contributed by atoms with Gasteiger partial charge >= 0.3 is 35.8 Å². The highest BCUT2D eigenvalue weighted by Gasteiger charge is 2.11. The van der Waals surface area contributed by atoms with E-state index in [1.807, 2.05) is 0 Å². The molecule has 0 heterocycles. The molecule has 0 aliphatic heterocycles. The molecule has 0 aromatic rings. The molecule has 0 unspecified atom stereocenters. The van der Waals surface area contributed by atoms with Crippen LogP contribution in [-0.4, -0.2) is 110 Å². The molecule has 0 saturated carbocycles. The first kappa shape index (κ1) is 123. The van der Waals surface area contributed by atoms with Crippen molar-refractivity contribution in [3.8, 4) is 0 Å². The molecule has 12 nitrogen and oxygen atoms in total. The molecule has 0 aliphatic carbocycles. The van der Waals surface area contributed by atoms with Crippen LogP contribution >= 0.6 is 35.3 Å². The van der Waals surface area contributed by atoms with E-state index >= 15 is 0 Å². The van der Waals surface area contributed by atoms with Crippen LogP contribution in [0.3, 0.4) is 0 Å². The van der Waals surface area contributed by atoms with Crippen LogP contribution in [0.1, 0.15) is 568 Å². The Balaban J connectivity index is -0.00000175. The van der Waals surface area contributed by atoms with Gasteiger partial charge in [-0.1, -0.05) is 491 Å². The Labute approximate surface area is 765 Å². The number of carbonyl (C=O) groups excluding carboxylic acids is 6. The molecule has 0 spiro atoms. The molecule has 121 heavy (non-hydrogen) atoms. The molecule has 0 N–H and O–H groups in total. The fourth-order valence-corrected chi connectivity index (χ4v) is 17.6. The highest BCUT2D eigenvalue weighted by Crippen LogP contribution is 2.21. The lowest BCUT2D eigenvalue weighted by Crippen LogP contribution is -2.09. The molecular weight excluding hydrogens is 1560 g/mol. The summed E-state index contributed by atoms with van der Waals surface area (Å²) in [4.78, 5) is 71.2. The maximum atomic E-state index is 12.0. The summed E-state index contributed by atoms with van der Waals surface area (Å²) in [5.41, 5.74) is 0. The smallest absolute Gasteiger partial charge is 0.306 e. The maximum Gasteiger partial charge on any atom is 0.306 e. The van der Waals surface area contributed by atoms with Crippen LogP contribution in [0, 0.1) is 0 Å². The Morgan fingerprint density at radius 1 is 0.132 bits per heavy atom. The summed E-state index contributed by atoms with van der Waals surface area (Å²) in [6.07, 6.45) is 103. The van der Waals surface area contributed by atoms with Gasteiger partial charge in [0.2, 0.25) is 0 Å². The molecule has 720 valence electrons. The van der Waals surface area contributed by atoms with Crippen molar-refractivity contribution in [2.75, 3.05) is 74.2 Å². The zero-order valence-electron chi connectivity index (χ0n) is 81.6. The van der Waals surface area contributed by atoms with E-state index in [0.717, 1.165) is 77.0 Å². The zero-order chi connectivity index (χ0) is 88.3. The average molecular weight is 1770 g/mol. The Kier molecular flexibility index (Phi) is 116. The zero-order valence-corrected chi connectivity index (χ0v) is 84.0. The number of carbonyl (C=O) groups is 6. The predicted octanol–water partition coefficient (Wildman–Crippen LogP) is 34.5. The van der Waals surface area contributed by atoms with Crippen LogP contribution in [0.4, 0.5) is 0 Å². The van der Waals surface area contributed by atoms with Crippen molar-refractivity contribution in [1.82, 2.24) is 0 Å². The van der Waals surface area contributed by atoms with Crippen LogP contribution < -0.4 is 0 Å². The number of rotatable bonds is 100. The summed E-state index contributed by atoms with van der Waals surface area (Å²) < 4.78 is 32.1. The van der Waals surface area contributed by atoms with Gasteiger partial charge in [-0.25, -0.2) is 0 Å². The molecule has 0 fully saturated rings. The third-order valence-electron chi connectivity index (χ3n) is 23.3. The Hall–Kier alpha value is -2.13. The van der Waals surface area contributed by atoms with Gasteiger partial charge in [0.05, 0.1) is 78.2 Å². The van der Waals surface area contributed by atoms with Crippen molar-refractivity contribution < 1.29 is 57.2 Å². The highest BCUT2D eigenvalue weighted by atomic mass is 32.2. The van der Waals surface area contributed by atoms with Crippen molar-refractivity contribution >= 4 is 71.1 Å². The molecule has 0 saturated heterocycles. The van der Waals surface area contributed by atoms with E-state index in [2.05, 4.69) is 41.5 Å². The Morgan fingerprint density at radius 3 is 0.306 bits per heavy atom. The van der Waals surface area contributed by atoms with Gasteiger partial charge in [0, 0.05) is 34.5 Å². The van der Waals surface area contributed by atoms with E-state index in [9.17, 15) is 28.8 Å². The molecule has 0 amide bonds. The third kappa shape index (κ3) is 118. The number of esters is 6. The van der Waals surface area contributed by atoms with Crippen molar-refractivity contribution in [1.29, 1.82) is 0 Å². The average Bonchev–Trinajstić information content (AvgIpc) is 1.06. The molecule has 15 heteroatoms. The van der Waals surface area contributed by atoms with Gasteiger partial charge in [0.15, 0.2) is 0 Å². The first-order valence-electron chi connectivity index (χ1n) is 53.3. The topological polar surface area (TPSA) is 158 Å². The molecule has 0 aromatic carbocycles. The van der Waals surface area contributed by atoms with Gasteiger partial charge in [-0.15, -0.1) is 0 Å². The van der Waals surface area contributed by atoms with E-state index in [1.54, 1.807) is 35.3 Å². The van der Waals surface area contributed by atoms with E-state index < -0.39 is 0 Å². The lowest BCUT2D eigenvalue weighted by molar-refractivity contribution is -0.144. The SMILES string of the molecule is CCCCCCCCCCCCCCCCCCOC(=O)CCSCCC(=O)OCCCCCCCCCCCCCCCCCC.CCCCCCCCCCCCCCOC(=O)CCSCCC(=O)OCCCCCCCCCCCCCC.CCCCCCCCCCCCOC(=O)CCSCCC(=O)OCCCCCCCCCCCC. The minimum Gasteiger partial charge on any atom is -0.466 e. The summed E-state index contributed by atoms with van der Waals surface area (Å²) in [5.74, 6) is 3.61. The van der Waals surface area contributed by atoms with Crippen molar-refractivity contribution in [2.45, 2.75) is 568 Å². The first-order valence-corrected chi connectivity index (χ1v) is 56.7. The molecule has 0 radical (unpaired) electrons. The number of hydrogen-bond acceptors (Lipinski definition) is 15.